The second kappa shape index (κ2) is 6.41. The predicted octanol–water partition coefficient (Wildman–Crippen LogP) is 2.25. The van der Waals surface area contributed by atoms with Gasteiger partial charge < -0.3 is 19.9 Å². The van der Waals surface area contributed by atoms with Crippen molar-refractivity contribution in [3.05, 3.63) is 22.2 Å². The van der Waals surface area contributed by atoms with E-state index >= 15 is 0 Å². The van der Waals surface area contributed by atoms with Gasteiger partial charge in [-0.3, -0.25) is 0 Å². The highest BCUT2D eigenvalue weighted by Crippen LogP contribution is 2.39. The Bertz CT molecular complexity index is 411. The van der Waals surface area contributed by atoms with Gasteiger partial charge in [-0.05, 0) is 46.6 Å². The van der Waals surface area contributed by atoms with Crippen molar-refractivity contribution in [2.45, 2.75) is 19.4 Å². The number of aliphatic hydroxyl groups is 1. The summed E-state index contributed by atoms with van der Waals surface area (Å²) in [5.41, 5.74) is 1.00. The lowest BCUT2D eigenvalue weighted by Gasteiger charge is -2.23. The molecule has 1 heterocycles. The molecule has 2 rings (SSSR count). The Morgan fingerprint density at radius 1 is 1.39 bits per heavy atom. The predicted molar refractivity (Wildman–Crippen MR) is 73.3 cm³/mol. The Hall–Kier alpha value is -0.780. The van der Waals surface area contributed by atoms with Gasteiger partial charge in [0.2, 0.25) is 0 Å². The molecule has 0 aromatic heterocycles. The van der Waals surface area contributed by atoms with E-state index in [1.165, 1.54) is 0 Å². The molecule has 100 valence electrons. The Morgan fingerprint density at radius 3 is 2.89 bits per heavy atom. The van der Waals surface area contributed by atoms with Crippen LogP contribution in [0.3, 0.4) is 0 Å². The molecule has 1 atom stereocenters. The zero-order valence-corrected chi connectivity index (χ0v) is 12.0. The van der Waals surface area contributed by atoms with E-state index in [1.807, 2.05) is 12.1 Å². The molecule has 0 fully saturated rings. The number of halogens is 1. The molecule has 1 aromatic rings. The third-order valence-corrected chi connectivity index (χ3v) is 3.43. The van der Waals surface area contributed by atoms with Crippen LogP contribution in [0.15, 0.2) is 16.6 Å². The monoisotopic (exact) mass is 315 g/mol. The van der Waals surface area contributed by atoms with Crippen LogP contribution in [0.5, 0.6) is 11.5 Å². The molecule has 0 bridgehead atoms. The van der Waals surface area contributed by atoms with Crippen molar-refractivity contribution in [2.75, 3.05) is 26.4 Å². The van der Waals surface area contributed by atoms with Gasteiger partial charge >= 0.3 is 0 Å². The van der Waals surface area contributed by atoms with Crippen molar-refractivity contribution < 1.29 is 14.6 Å². The summed E-state index contributed by atoms with van der Waals surface area (Å²) in [7, 11) is 0. The lowest BCUT2D eigenvalue weighted by Crippen LogP contribution is -2.25. The molecule has 0 saturated carbocycles. The van der Waals surface area contributed by atoms with Crippen LogP contribution in [0.4, 0.5) is 0 Å². The first kappa shape index (κ1) is 13.6. The maximum atomic E-state index is 9.45. The molecular formula is C13H18BrNO3. The third-order valence-electron chi connectivity index (χ3n) is 2.84. The summed E-state index contributed by atoms with van der Waals surface area (Å²) in [6, 6.07) is 3.83. The van der Waals surface area contributed by atoms with Gasteiger partial charge in [-0.2, -0.15) is 0 Å². The van der Waals surface area contributed by atoms with Crippen LogP contribution in [0.1, 0.15) is 24.9 Å². The van der Waals surface area contributed by atoms with E-state index in [-0.39, 0.29) is 12.6 Å². The maximum Gasteiger partial charge on any atom is 0.175 e. The first-order valence-electron chi connectivity index (χ1n) is 6.19. The van der Waals surface area contributed by atoms with Crippen molar-refractivity contribution >= 4 is 15.9 Å². The Labute approximate surface area is 115 Å². The third kappa shape index (κ3) is 2.96. The van der Waals surface area contributed by atoms with Gasteiger partial charge in [0.05, 0.1) is 17.1 Å². The van der Waals surface area contributed by atoms with Crippen molar-refractivity contribution in [3.8, 4) is 11.5 Å². The molecule has 0 aliphatic carbocycles. The van der Waals surface area contributed by atoms with E-state index in [2.05, 4.69) is 28.2 Å². The quantitative estimate of drug-likeness (QED) is 0.875. The summed E-state index contributed by atoms with van der Waals surface area (Å²) in [5.74, 6) is 1.49. The number of ether oxygens (including phenoxy) is 2. The smallest absolute Gasteiger partial charge is 0.175 e. The molecule has 0 amide bonds. The minimum Gasteiger partial charge on any atom is -0.486 e. The molecule has 5 heteroatoms. The molecule has 1 aromatic carbocycles. The van der Waals surface area contributed by atoms with E-state index in [4.69, 9.17) is 9.47 Å². The average molecular weight is 316 g/mol. The number of fused-ring (bicyclic) bond motifs is 1. The molecule has 1 aliphatic heterocycles. The Balaban J connectivity index is 2.24. The first-order valence-corrected chi connectivity index (χ1v) is 6.98. The number of nitrogens with one attached hydrogen (secondary N) is 1. The molecule has 18 heavy (non-hydrogen) atoms. The van der Waals surface area contributed by atoms with Gasteiger partial charge in [-0.15, -0.1) is 0 Å². The minimum absolute atomic E-state index is 0.0616. The standard InChI is InChI=1S/C13H18BrNO3/c1-2-3-15-11(8-16)9-6-10(14)13-12(7-9)17-4-5-18-13/h6-7,11,15-16H,2-5,8H2,1H3. The summed E-state index contributed by atoms with van der Waals surface area (Å²) in [6.45, 7) is 4.17. The highest BCUT2D eigenvalue weighted by atomic mass is 79.9. The normalized spacial score (nSPS) is 15.5. The SMILES string of the molecule is CCCNC(CO)c1cc(Br)c2c(c1)OCCO2. The summed E-state index contributed by atoms with van der Waals surface area (Å²) in [6.07, 6.45) is 1.03. The molecule has 0 radical (unpaired) electrons. The molecule has 0 saturated heterocycles. The van der Waals surface area contributed by atoms with Gasteiger partial charge in [0.1, 0.15) is 13.2 Å². The maximum absolute atomic E-state index is 9.45. The number of hydrogen-bond donors (Lipinski definition) is 2. The van der Waals surface area contributed by atoms with E-state index in [0.717, 1.165) is 34.5 Å². The molecule has 4 nitrogen and oxygen atoms in total. The zero-order chi connectivity index (χ0) is 13.0. The fourth-order valence-electron chi connectivity index (χ4n) is 1.94. The molecule has 1 unspecified atom stereocenters. The minimum atomic E-state index is -0.0722. The van der Waals surface area contributed by atoms with Gasteiger partial charge in [-0.25, -0.2) is 0 Å². The summed E-state index contributed by atoms with van der Waals surface area (Å²) in [5, 5.41) is 12.8. The van der Waals surface area contributed by atoms with Gasteiger partial charge in [0.25, 0.3) is 0 Å². The van der Waals surface area contributed by atoms with Crippen LogP contribution in [-0.2, 0) is 0 Å². The number of rotatable bonds is 5. The Morgan fingerprint density at radius 2 is 2.17 bits per heavy atom. The van der Waals surface area contributed by atoms with Crippen LogP contribution in [0, 0.1) is 0 Å². The largest absolute Gasteiger partial charge is 0.486 e. The number of aliphatic hydroxyl groups excluding tert-OH is 1. The lowest BCUT2D eigenvalue weighted by molar-refractivity contribution is 0.169. The van der Waals surface area contributed by atoms with Crippen LogP contribution in [0.2, 0.25) is 0 Å². The van der Waals surface area contributed by atoms with Gasteiger partial charge in [0.15, 0.2) is 11.5 Å². The summed E-state index contributed by atoms with van der Waals surface area (Å²) in [4.78, 5) is 0. The second-order valence-electron chi connectivity index (χ2n) is 4.22. The molecule has 1 aliphatic rings. The van der Waals surface area contributed by atoms with E-state index in [9.17, 15) is 5.11 Å². The van der Waals surface area contributed by atoms with Crippen LogP contribution < -0.4 is 14.8 Å². The van der Waals surface area contributed by atoms with Crippen LogP contribution in [-0.4, -0.2) is 31.5 Å². The summed E-state index contributed by atoms with van der Waals surface area (Å²) < 4.78 is 12.0. The number of benzene rings is 1. The highest BCUT2D eigenvalue weighted by molar-refractivity contribution is 9.10. The topological polar surface area (TPSA) is 50.7 Å². The van der Waals surface area contributed by atoms with E-state index in [0.29, 0.717) is 13.2 Å². The van der Waals surface area contributed by atoms with Gasteiger partial charge in [-0.1, -0.05) is 6.92 Å². The van der Waals surface area contributed by atoms with Crippen LogP contribution in [0.25, 0.3) is 0 Å². The molecule has 0 spiro atoms. The molecule has 2 N–H and O–H groups in total. The number of hydrogen-bond acceptors (Lipinski definition) is 4. The zero-order valence-electron chi connectivity index (χ0n) is 10.4. The first-order chi connectivity index (χ1) is 8.76. The van der Waals surface area contributed by atoms with Crippen molar-refractivity contribution in [3.63, 3.8) is 0 Å². The van der Waals surface area contributed by atoms with E-state index in [1.54, 1.807) is 0 Å². The summed E-state index contributed by atoms with van der Waals surface area (Å²) >= 11 is 3.48. The second-order valence-corrected chi connectivity index (χ2v) is 5.07. The van der Waals surface area contributed by atoms with Crippen LogP contribution >= 0.6 is 15.9 Å². The average Bonchev–Trinajstić information content (AvgIpc) is 2.40. The van der Waals surface area contributed by atoms with E-state index < -0.39 is 0 Å². The fourth-order valence-corrected chi connectivity index (χ4v) is 2.51. The van der Waals surface area contributed by atoms with Gasteiger partial charge in [0, 0.05) is 0 Å². The van der Waals surface area contributed by atoms with Crippen molar-refractivity contribution in [1.29, 1.82) is 0 Å². The highest BCUT2D eigenvalue weighted by Gasteiger charge is 2.19. The lowest BCUT2D eigenvalue weighted by atomic mass is 10.1. The van der Waals surface area contributed by atoms with Crippen molar-refractivity contribution in [1.82, 2.24) is 5.32 Å². The van der Waals surface area contributed by atoms with Crippen molar-refractivity contribution in [2.24, 2.45) is 0 Å². The molecular weight excluding hydrogens is 298 g/mol. The fraction of sp³-hybridized carbons (Fsp3) is 0.538. The Kier molecular flexibility index (Phi) is 4.86.